The zero-order chi connectivity index (χ0) is 20.1. The first-order valence-electron chi connectivity index (χ1n) is 8.48. The molecule has 0 radical (unpaired) electrons. The van der Waals surface area contributed by atoms with Gasteiger partial charge in [0.05, 0.1) is 23.3 Å². The van der Waals surface area contributed by atoms with Crippen molar-refractivity contribution >= 4 is 28.6 Å². The Morgan fingerprint density at radius 2 is 2.21 bits per heavy atom. The Labute approximate surface area is 161 Å². The third kappa shape index (κ3) is 3.22. The largest absolute Gasteiger partial charge is 0.408 e. The van der Waals surface area contributed by atoms with E-state index in [2.05, 4.69) is 20.2 Å². The highest BCUT2D eigenvalue weighted by Gasteiger charge is 2.49. The summed E-state index contributed by atoms with van der Waals surface area (Å²) in [7, 11) is 0. The van der Waals surface area contributed by atoms with E-state index in [4.69, 9.17) is 6.57 Å². The number of nitrogens with zero attached hydrogens (tertiary/aromatic N) is 4. The number of hydrogen-bond donors (Lipinski definition) is 1. The van der Waals surface area contributed by atoms with Gasteiger partial charge in [-0.3, -0.25) is 4.79 Å². The highest BCUT2D eigenvalue weighted by Crippen LogP contribution is 2.40. The molecule has 1 amide bonds. The van der Waals surface area contributed by atoms with E-state index < -0.39 is 24.0 Å². The summed E-state index contributed by atoms with van der Waals surface area (Å²) in [4.78, 5) is 21.1. The molecular weight excluding hydrogens is 391 g/mol. The van der Waals surface area contributed by atoms with Crippen molar-refractivity contribution in [2.24, 2.45) is 5.92 Å². The maximum Gasteiger partial charge on any atom is 0.408 e. The Kier molecular flexibility index (Phi) is 4.34. The van der Waals surface area contributed by atoms with Crippen LogP contribution in [0.5, 0.6) is 0 Å². The number of hydrogen-bond acceptors (Lipinski definition) is 4. The molecule has 1 unspecified atom stereocenters. The summed E-state index contributed by atoms with van der Waals surface area (Å²) in [5, 5.41) is 7.96. The second kappa shape index (κ2) is 6.60. The Hall–Kier alpha value is -2.93. The molecule has 144 valence electrons. The van der Waals surface area contributed by atoms with Crippen molar-refractivity contribution < 1.29 is 18.0 Å². The van der Waals surface area contributed by atoms with Crippen LogP contribution in [0.25, 0.3) is 21.1 Å². The van der Waals surface area contributed by atoms with E-state index in [1.807, 2.05) is 0 Å². The van der Waals surface area contributed by atoms with Gasteiger partial charge >= 0.3 is 6.18 Å². The fraction of sp³-hybridized carbons (Fsp3) is 0.333. The summed E-state index contributed by atoms with van der Waals surface area (Å²) in [6, 6.07) is 1.53. The molecule has 3 aromatic rings. The van der Waals surface area contributed by atoms with Gasteiger partial charge < -0.3 is 5.32 Å². The topological polar surface area (TPSA) is 63.7 Å². The zero-order valence-electron chi connectivity index (χ0n) is 14.6. The minimum Gasteiger partial charge on any atom is -0.340 e. The van der Waals surface area contributed by atoms with Crippen LogP contribution in [0.15, 0.2) is 23.7 Å². The SMILES string of the molecule is [C-]#[N+]c1ccsc1-c1cc(C)n2ncc(C(=O)NC(C3CC3)C(F)(F)F)c2n1. The molecule has 0 aliphatic heterocycles. The van der Waals surface area contributed by atoms with E-state index in [1.165, 1.54) is 22.0 Å². The van der Waals surface area contributed by atoms with Crippen molar-refractivity contribution in [3.8, 4) is 10.6 Å². The van der Waals surface area contributed by atoms with Crippen molar-refractivity contribution in [3.63, 3.8) is 0 Å². The molecule has 1 aliphatic carbocycles. The quantitative estimate of drug-likeness (QED) is 0.655. The Morgan fingerprint density at radius 1 is 1.46 bits per heavy atom. The molecule has 3 aromatic heterocycles. The lowest BCUT2D eigenvalue weighted by Crippen LogP contribution is -2.46. The second-order valence-corrected chi connectivity index (χ2v) is 7.57. The summed E-state index contributed by atoms with van der Waals surface area (Å²) >= 11 is 1.33. The van der Waals surface area contributed by atoms with E-state index >= 15 is 0 Å². The second-order valence-electron chi connectivity index (χ2n) is 6.65. The van der Waals surface area contributed by atoms with E-state index in [1.54, 1.807) is 24.4 Å². The summed E-state index contributed by atoms with van der Waals surface area (Å²) in [5.41, 5.74) is 1.69. The number of aryl methyl sites for hydroxylation is 1. The third-order valence-electron chi connectivity index (χ3n) is 4.62. The van der Waals surface area contributed by atoms with Crippen molar-refractivity contribution in [1.29, 1.82) is 0 Å². The van der Waals surface area contributed by atoms with Crippen LogP contribution >= 0.6 is 11.3 Å². The maximum atomic E-state index is 13.2. The number of alkyl halides is 3. The summed E-state index contributed by atoms with van der Waals surface area (Å²) < 4.78 is 41.1. The van der Waals surface area contributed by atoms with E-state index in [0.29, 0.717) is 34.8 Å². The lowest BCUT2D eigenvalue weighted by atomic mass is 10.1. The van der Waals surface area contributed by atoms with Gasteiger partial charge in [0.15, 0.2) is 5.65 Å². The van der Waals surface area contributed by atoms with Crippen LogP contribution in [0.4, 0.5) is 18.9 Å². The first-order chi connectivity index (χ1) is 13.3. The highest BCUT2D eigenvalue weighted by molar-refractivity contribution is 7.14. The number of fused-ring (bicyclic) bond motifs is 1. The number of carbonyl (C=O) groups excluding carboxylic acids is 1. The van der Waals surface area contributed by atoms with E-state index in [-0.39, 0.29) is 11.2 Å². The van der Waals surface area contributed by atoms with Crippen LogP contribution in [0.3, 0.4) is 0 Å². The average molecular weight is 405 g/mol. The van der Waals surface area contributed by atoms with Crippen molar-refractivity contribution in [2.45, 2.75) is 32.0 Å². The lowest BCUT2D eigenvalue weighted by molar-refractivity contribution is -0.158. The molecule has 1 fully saturated rings. The minimum atomic E-state index is -4.50. The molecule has 0 spiro atoms. The molecule has 3 heterocycles. The van der Waals surface area contributed by atoms with Gasteiger partial charge in [0.25, 0.3) is 5.91 Å². The molecule has 6 nitrogen and oxygen atoms in total. The maximum absolute atomic E-state index is 13.2. The molecule has 10 heteroatoms. The van der Waals surface area contributed by atoms with Gasteiger partial charge in [0.2, 0.25) is 5.69 Å². The number of aromatic nitrogens is 3. The summed E-state index contributed by atoms with van der Waals surface area (Å²) in [5.74, 6) is -1.44. The zero-order valence-corrected chi connectivity index (χ0v) is 15.4. The van der Waals surface area contributed by atoms with Gasteiger partial charge in [-0.25, -0.2) is 14.3 Å². The fourth-order valence-corrected chi connectivity index (χ4v) is 3.88. The standard InChI is InChI=1S/C18H14F3N5OS/c1-9-7-13(14-12(22-2)5-6-28-14)24-16-11(8-23-26(9)16)17(27)25-15(10-3-4-10)18(19,20)21/h5-8,10,15H,3-4H2,1H3,(H,25,27). The molecule has 4 rings (SSSR count). The lowest BCUT2D eigenvalue weighted by Gasteiger charge is -2.20. The van der Waals surface area contributed by atoms with Crippen molar-refractivity contribution in [3.05, 3.63) is 46.4 Å². The number of amides is 1. The first kappa shape index (κ1) is 18.4. The van der Waals surface area contributed by atoms with E-state index in [9.17, 15) is 18.0 Å². The Morgan fingerprint density at radius 3 is 2.86 bits per heavy atom. The Balaban J connectivity index is 1.74. The van der Waals surface area contributed by atoms with Crippen molar-refractivity contribution in [1.82, 2.24) is 19.9 Å². The van der Waals surface area contributed by atoms with Gasteiger partial charge in [0, 0.05) is 5.69 Å². The molecule has 1 atom stereocenters. The van der Waals surface area contributed by atoms with Crippen LogP contribution in [-0.2, 0) is 0 Å². The summed E-state index contributed by atoms with van der Waals surface area (Å²) in [6.45, 7) is 9.00. The number of carbonyl (C=O) groups is 1. The Bertz CT molecular complexity index is 1110. The van der Waals surface area contributed by atoms with Crippen LogP contribution in [0.2, 0.25) is 0 Å². The van der Waals surface area contributed by atoms with Crippen LogP contribution in [0.1, 0.15) is 28.9 Å². The van der Waals surface area contributed by atoms with E-state index in [0.717, 1.165) is 0 Å². The van der Waals surface area contributed by atoms with Gasteiger partial charge in [-0.2, -0.15) is 29.6 Å². The first-order valence-corrected chi connectivity index (χ1v) is 9.36. The van der Waals surface area contributed by atoms with Crippen LogP contribution in [0, 0.1) is 19.4 Å². The highest BCUT2D eigenvalue weighted by atomic mass is 32.1. The number of thiophene rings is 1. The monoisotopic (exact) mass is 405 g/mol. The molecule has 0 aromatic carbocycles. The predicted octanol–water partition coefficient (Wildman–Crippen LogP) is 4.39. The van der Waals surface area contributed by atoms with Crippen LogP contribution < -0.4 is 5.32 Å². The van der Waals surface area contributed by atoms with Gasteiger partial charge in [-0.1, -0.05) is 0 Å². The number of rotatable bonds is 4. The van der Waals surface area contributed by atoms with Gasteiger partial charge in [0.1, 0.15) is 11.6 Å². The van der Waals surface area contributed by atoms with Gasteiger partial charge in [-0.05, 0) is 43.2 Å². The molecular formula is C18H14F3N5OS. The molecule has 0 saturated heterocycles. The van der Waals surface area contributed by atoms with Crippen LogP contribution in [-0.4, -0.2) is 32.7 Å². The molecule has 1 N–H and O–H groups in total. The normalized spacial score (nSPS) is 15.4. The molecule has 28 heavy (non-hydrogen) atoms. The molecule has 0 bridgehead atoms. The van der Waals surface area contributed by atoms with Crippen molar-refractivity contribution in [2.75, 3.05) is 0 Å². The molecule has 1 aliphatic rings. The minimum absolute atomic E-state index is 0.0271. The average Bonchev–Trinajstić information content (AvgIpc) is 3.18. The third-order valence-corrected chi connectivity index (χ3v) is 5.55. The number of halogens is 3. The fourth-order valence-electron chi connectivity index (χ4n) is 3.09. The van der Waals surface area contributed by atoms with Gasteiger partial charge in [-0.15, -0.1) is 0 Å². The number of nitrogens with one attached hydrogen (secondary N) is 1. The predicted molar refractivity (Wildman–Crippen MR) is 97.3 cm³/mol. The molecule has 1 saturated carbocycles. The smallest absolute Gasteiger partial charge is 0.340 e. The summed E-state index contributed by atoms with van der Waals surface area (Å²) in [6.07, 6.45) is -2.40.